The molecule has 0 fully saturated rings. The molecule has 0 radical (unpaired) electrons. The summed E-state index contributed by atoms with van der Waals surface area (Å²) in [6.07, 6.45) is -2.04. The number of aryl methyl sites for hydroxylation is 1. The number of carbonyl (C=O) groups excluding carboxylic acids is 2. The molecule has 3 rings (SSSR count). The van der Waals surface area contributed by atoms with Crippen molar-refractivity contribution in [2.45, 2.75) is 38.3 Å². The van der Waals surface area contributed by atoms with Crippen molar-refractivity contribution in [1.82, 2.24) is 4.90 Å². The average molecular weight is 818 g/mol. The monoisotopic (exact) mass is 817 g/mol. The Balaban J connectivity index is -0.00000423. The van der Waals surface area contributed by atoms with Gasteiger partial charge in [-0.3, -0.25) is 4.79 Å². The molecule has 0 bridgehead atoms. The first-order valence-corrected chi connectivity index (χ1v) is 16.7. The zero-order chi connectivity index (χ0) is 33.3. The molecule has 244 valence electrons. The Kier molecular flexibility index (Phi) is 24.4. The van der Waals surface area contributed by atoms with E-state index in [1.807, 2.05) is 0 Å². The quantitative estimate of drug-likeness (QED) is 0.103. The summed E-state index contributed by atoms with van der Waals surface area (Å²) < 4.78 is 150. The van der Waals surface area contributed by atoms with Gasteiger partial charge in [0.2, 0.25) is 5.91 Å². The molecule has 0 spiro atoms. The van der Waals surface area contributed by atoms with Crippen molar-refractivity contribution in [3.63, 3.8) is 0 Å². The second kappa shape index (κ2) is 21.9. The molecule has 2 aromatic carbocycles. The smallest absolute Gasteiger partial charge is 0.716 e. The Bertz CT molecular complexity index is 1930. The summed E-state index contributed by atoms with van der Waals surface area (Å²) in [6, 6.07) is 1.97. The Morgan fingerprint density at radius 1 is 0.673 bits per heavy atom. The summed E-state index contributed by atoms with van der Waals surface area (Å²) in [7, 11) is -21.5. The number of hydrogen-bond donors (Lipinski definition) is 0. The Labute approximate surface area is 391 Å². The SMILES string of the molecule is O=C([O-])C1Cc2c(OS(=O)(=O)[O-])ccc(OS(=O)(=O)[O-])c2CN1C(=O)CCCc1cc(OS(=O)(=O)[O-])ccc1OS(=O)(=O)[O-].[Na+].[Na+].[Na+].[Na+].[Na+]. The van der Waals surface area contributed by atoms with Crippen LogP contribution in [-0.2, 0) is 70.6 Å². The van der Waals surface area contributed by atoms with E-state index in [1.54, 1.807) is 0 Å². The normalized spacial score (nSPS) is 14.0. The van der Waals surface area contributed by atoms with E-state index >= 15 is 0 Å². The molecule has 2 aromatic rings. The first kappa shape index (κ1) is 54.6. The fourth-order valence-corrected chi connectivity index (χ4v) is 5.64. The van der Waals surface area contributed by atoms with Crippen molar-refractivity contribution in [3.8, 4) is 23.0 Å². The maximum atomic E-state index is 13.1. The van der Waals surface area contributed by atoms with Gasteiger partial charge in [-0.25, -0.2) is 33.7 Å². The summed E-state index contributed by atoms with van der Waals surface area (Å²) in [5, 5.41) is 11.9. The minimum Gasteiger partial charge on any atom is -0.716 e. The van der Waals surface area contributed by atoms with Crippen LogP contribution in [0, 0.1) is 0 Å². The molecule has 1 aliphatic rings. The van der Waals surface area contributed by atoms with E-state index in [4.69, 9.17) is 0 Å². The largest absolute Gasteiger partial charge is 1.00 e. The van der Waals surface area contributed by atoms with Gasteiger partial charge in [0.1, 0.15) is 23.0 Å². The Morgan fingerprint density at radius 3 is 1.55 bits per heavy atom. The molecule has 1 amide bonds. The van der Waals surface area contributed by atoms with Gasteiger partial charge in [-0.05, 0) is 48.7 Å². The minimum absolute atomic E-state index is 0. The van der Waals surface area contributed by atoms with Crippen LogP contribution in [0.1, 0.15) is 29.5 Å². The van der Waals surface area contributed by atoms with Gasteiger partial charge in [-0.2, -0.15) is 0 Å². The number of carbonyl (C=O) groups is 2. The van der Waals surface area contributed by atoms with Gasteiger partial charge in [-0.15, -0.1) is 0 Å². The second-order valence-electron chi connectivity index (χ2n) is 8.67. The Hall–Kier alpha value is 1.22. The van der Waals surface area contributed by atoms with Gasteiger partial charge in [0.05, 0.1) is 18.6 Å². The van der Waals surface area contributed by atoms with Crippen molar-refractivity contribution in [2.24, 2.45) is 0 Å². The van der Waals surface area contributed by atoms with Crippen LogP contribution in [0.4, 0.5) is 0 Å². The number of rotatable bonds is 13. The summed E-state index contributed by atoms with van der Waals surface area (Å²) in [4.78, 5) is 25.7. The molecule has 0 aromatic heterocycles. The fraction of sp³-hybridized carbons (Fsp3) is 0.300. The predicted molar refractivity (Wildman–Crippen MR) is 130 cm³/mol. The van der Waals surface area contributed by atoms with Crippen LogP contribution in [0.15, 0.2) is 30.3 Å². The standard InChI is InChI=1S/C20H21NO19S4.5Na/c22-19(3-1-2-11-8-12(37-41(25,26)27)4-5-16(11)38-42(28,29)30)21-10-14-13(9-15(21)20(23)24)17(39-43(31,32)33)6-7-18(14)40-44(34,35)36;;;;;/h4-8,15H,1-3,9-10H2,(H,23,24)(H,25,26,27)(H,28,29,30)(H,31,32,33)(H,34,35,36);;;;;/q;5*+1/p-5. The number of aliphatic carboxylic acids is 1. The van der Waals surface area contributed by atoms with Crippen LogP contribution < -0.4 is 170 Å². The molecule has 0 N–H and O–H groups in total. The van der Waals surface area contributed by atoms with Gasteiger partial charge in [0.25, 0.3) is 41.6 Å². The zero-order valence-corrected chi connectivity index (χ0v) is 39.6. The molecule has 0 aliphatic carbocycles. The van der Waals surface area contributed by atoms with Crippen LogP contribution in [0.3, 0.4) is 0 Å². The van der Waals surface area contributed by atoms with Crippen molar-refractivity contribution >= 4 is 53.5 Å². The first-order valence-electron chi connectivity index (χ1n) is 11.4. The van der Waals surface area contributed by atoms with Gasteiger partial charge in [-0.1, -0.05) is 0 Å². The first-order chi connectivity index (χ1) is 20.0. The van der Waals surface area contributed by atoms with E-state index in [0.29, 0.717) is 4.90 Å². The van der Waals surface area contributed by atoms with E-state index in [-0.39, 0.29) is 166 Å². The molecule has 1 unspecified atom stereocenters. The maximum Gasteiger partial charge on any atom is 1.00 e. The van der Waals surface area contributed by atoms with Gasteiger partial charge < -0.3 is 49.7 Å². The van der Waals surface area contributed by atoms with E-state index in [9.17, 15) is 66.6 Å². The van der Waals surface area contributed by atoms with E-state index < -0.39 is 113 Å². The molecule has 0 saturated heterocycles. The third kappa shape index (κ3) is 18.4. The molecular weight excluding hydrogens is 801 g/mol. The van der Waals surface area contributed by atoms with Gasteiger partial charge >= 0.3 is 148 Å². The van der Waals surface area contributed by atoms with Crippen LogP contribution in [0.5, 0.6) is 23.0 Å². The molecule has 0 saturated carbocycles. The van der Waals surface area contributed by atoms with E-state index in [0.717, 1.165) is 30.3 Å². The van der Waals surface area contributed by atoms with Crippen LogP contribution >= 0.6 is 0 Å². The molecule has 1 atom stereocenters. The maximum absolute atomic E-state index is 13.1. The Morgan fingerprint density at radius 2 is 1.10 bits per heavy atom. The molecular formula is C20H16NNa5O19S4. The molecule has 20 nitrogen and oxygen atoms in total. The fourth-order valence-electron chi connectivity index (χ4n) is 4.17. The third-order valence-corrected chi connectivity index (χ3v) is 7.23. The van der Waals surface area contributed by atoms with E-state index in [1.165, 1.54) is 0 Å². The summed E-state index contributed by atoms with van der Waals surface area (Å²) in [5.74, 6) is -5.59. The van der Waals surface area contributed by atoms with Crippen molar-refractivity contribution in [3.05, 3.63) is 47.0 Å². The van der Waals surface area contributed by atoms with Crippen molar-refractivity contribution in [1.29, 1.82) is 0 Å². The topological polar surface area (TPSA) is 326 Å². The van der Waals surface area contributed by atoms with Crippen LogP contribution in [0.25, 0.3) is 0 Å². The van der Waals surface area contributed by atoms with Crippen molar-refractivity contribution in [2.75, 3.05) is 0 Å². The minimum atomic E-state index is -5.45. The summed E-state index contributed by atoms with van der Waals surface area (Å²) >= 11 is 0. The van der Waals surface area contributed by atoms with Crippen LogP contribution in [0.2, 0.25) is 0 Å². The van der Waals surface area contributed by atoms with Crippen molar-refractivity contribution < 1.29 is 231 Å². The number of carboxylic acid groups (broad SMARTS) is 1. The van der Waals surface area contributed by atoms with Gasteiger partial charge in [0, 0.05) is 24.0 Å². The van der Waals surface area contributed by atoms with Gasteiger partial charge in [0.15, 0.2) is 0 Å². The number of amides is 1. The summed E-state index contributed by atoms with van der Waals surface area (Å²) in [5.41, 5.74) is -1.05. The number of nitrogens with zero attached hydrogens (tertiary/aromatic N) is 1. The number of carboxylic acids is 1. The summed E-state index contributed by atoms with van der Waals surface area (Å²) in [6.45, 7) is -0.832. The number of hydrogen-bond acceptors (Lipinski definition) is 19. The molecule has 49 heavy (non-hydrogen) atoms. The molecule has 1 heterocycles. The number of benzene rings is 2. The average Bonchev–Trinajstić information content (AvgIpc) is 2.82. The molecule has 1 aliphatic heterocycles. The zero-order valence-electron chi connectivity index (χ0n) is 26.3. The van der Waals surface area contributed by atoms with Crippen LogP contribution in [-0.4, -0.2) is 74.7 Å². The van der Waals surface area contributed by atoms with E-state index in [2.05, 4.69) is 16.7 Å². The second-order valence-corrected chi connectivity index (χ2v) is 12.6. The third-order valence-electron chi connectivity index (χ3n) is 5.68. The molecule has 29 heteroatoms. The number of fused-ring (bicyclic) bond motifs is 1. The predicted octanol–water partition coefficient (Wildman–Crippen LogP) is -17.9.